The number of thiazole rings is 1. The molecule has 2 rings (SSSR count). The molecule has 6 nitrogen and oxygen atoms in total. The molecule has 0 aliphatic rings. The van der Waals surface area contributed by atoms with Gasteiger partial charge >= 0.3 is 0 Å². The summed E-state index contributed by atoms with van der Waals surface area (Å²) in [5.41, 5.74) is 6.92. The summed E-state index contributed by atoms with van der Waals surface area (Å²) < 4.78 is 10.5. The zero-order chi connectivity index (χ0) is 16.7. The lowest BCUT2D eigenvalue weighted by molar-refractivity contribution is 0.354. The van der Waals surface area contributed by atoms with Crippen molar-refractivity contribution in [3.8, 4) is 11.5 Å². The number of methoxy groups -OCH3 is 2. The first-order valence-electron chi connectivity index (χ1n) is 7.28. The van der Waals surface area contributed by atoms with Gasteiger partial charge in [0.2, 0.25) is 0 Å². The Labute approximate surface area is 163 Å². The fraction of sp³-hybridized carbons (Fsp3) is 0.375. The Morgan fingerprint density at radius 2 is 2.08 bits per heavy atom. The second-order valence-electron chi connectivity index (χ2n) is 5.04. The molecule has 0 aliphatic heterocycles. The van der Waals surface area contributed by atoms with Gasteiger partial charge in [0.05, 0.1) is 25.8 Å². The lowest BCUT2D eigenvalue weighted by Crippen LogP contribution is -2.34. The maximum absolute atomic E-state index is 5.92. The lowest BCUT2D eigenvalue weighted by atomic mass is 10.2. The van der Waals surface area contributed by atoms with Crippen LogP contribution in [0.25, 0.3) is 0 Å². The van der Waals surface area contributed by atoms with E-state index in [4.69, 9.17) is 15.2 Å². The Hall–Kier alpha value is -1.55. The van der Waals surface area contributed by atoms with Gasteiger partial charge in [-0.2, -0.15) is 0 Å². The average molecular weight is 462 g/mol. The minimum atomic E-state index is 0. The molecule has 1 aromatic heterocycles. The van der Waals surface area contributed by atoms with Crippen molar-refractivity contribution in [2.24, 2.45) is 10.7 Å². The SMILES string of the molecule is COc1ccc(CN=C(N)NCC(C)c2nccs2)cc1OC.I. The third-order valence-corrected chi connectivity index (χ3v) is 4.35. The Morgan fingerprint density at radius 3 is 2.71 bits per heavy atom. The number of nitrogens with one attached hydrogen (secondary N) is 1. The van der Waals surface area contributed by atoms with E-state index in [0.717, 1.165) is 10.6 Å². The molecule has 24 heavy (non-hydrogen) atoms. The van der Waals surface area contributed by atoms with Crippen LogP contribution in [-0.2, 0) is 6.54 Å². The summed E-state index contributed by atoms with van der Waals surface area (Å²) in [5, 5.41) is 6.19. The van der Waals surface area contributed by atoms with Crippen molar-refractivity contribution in [2.45, 2.75) is 19.4 Å². The van der Waals surface area contributed by atoms with Crippen molar-refractivity contribution < 1.29 is 9.47 Å². The van der Waals surface area contributed by atoms with Gasteiger partial charge in [-0.25, -0.2) is 9.98 Å². The van der Waals surface area contributed by atoms with E-state index in [-0.39, 0.29) is 24.0 Å². The maximum atomic E-state index is 5.92. The summed E-state index contributed by atoms with van der Waals surface area (Å²) in [7, 11) is 3.22. The number of benzene rings is 1. The van der Waals surface area contributed by atoms with E-state index in [1.807, 2.05) is 29.8 Å². The molecule has 0 bridgehead atoms. The molecule has 3 N–H and O–H groups in total. The molecule has 8 heteroatoms. The number of hydrogen-bond donors (Lipinski definition) is 2. The van der Waals surface area contributed by atoms with Crippen LogP contribution in [0, 0.1) is 0 Å². The number of hydrogen-bond acceptors (Lipinski definition) is 5. The van der Waals surface area contributed by atoms with Gasteiger partial charge in [-0.05, 0) is 17.7 Å². The van der Waals surface area contributed by atoms with Crippen molar-refractivity contribution in [1.29, 1.82) is 0 Å². The predicted octanol–water partition coefficient (Wildman–Crippen LogP) is 2.99. The first-order valence-corrected chi connectivity index (χ1v) is 8.16. The molecule has 0 aliphatic carbocycles. The van der Waals surface area contributed by atoms with Crippen LogP contribution in [0.2, 0.25) is 0 Å². The summed E-state index contributed by atoms with van der Waals surface area (Å²) in [4.78, 5) is 8.64. The minimum absolute atomic E-state index is 0. The van der Waals surface area contributed by atoms with Crippen LogP contribution in [0.1, 0.15) is 23.4 Å². The summed E-state index contributed by atoms with van der Waals surface area (Å²) in [5.74, 6) is 2.10. The fourth-order valence-corrected chi connectivity index (χ4v) is 2.73. The highest BCUT2D eigenvalue weighted by atomic mass is 127. The third kappa shape index (κ3) is 5.82. The number of nitrogens with two attached hydrogens (primary N) is 1. The first-order chi connectivity index (χ1) is 11.1. The number of aromatic nitrogens is 1. The van der Waals surface area contributed by atoms with Crippen LogP contribution < -0.4 is 20.5 Å². The van der Waals surface area contributed by atoms with E-state index >= 15 is 0 Å². The van der Waals surface area contributed by atoms with Gasteiger partial charge in [0.1, 0.15) is 0 Å². The fourth-order valence-electron chi connectivity index (χ4n) is 2.03. The summed E-state index contributed by atoms with van der Waals surface area (Å²) in [6.45, 7) is 3.28. The van der Waals surface area contributed by atoms with Crippen molar-refractivity contribution in [1.82, 2.24) is 10.3 Å². The predicted molar refractivity (Wildman–Crippen MR) is 109 cm³/mol. The Balaban J connectivity index is 0.00000288. The second kappa shape index (κ2) is 10.3. The topological polar surface area (TPSA) is 81.8 Å². The van der Waals surface area contributed by atoms with Crippen molar-refractivity contribution in [3.63, 3.8) is 0 Å². The highest BCUT2D eigenvalue weighted by Crippen LogP contribution is 2.27. The van der Waals surface area contributed by atoms with Crippen LogP contribution in [0.5, 0.6) is 11.5 Å². The molecule has 1 unspecified atom stereocenters. The van der Waals surface area contributed by atoms with E-state index in [0.29, 0.717) is 36.5 Å². The van der Waals surface area contributed by atoms with Crippen molar-refractivity contribution in [2.75, 3.05) is 20.8 Å². The van der Waals surface area contributed by atoms with Crippen LogP contribution >= 0.6 is 35.3 Å². The number of rotatable bonds is 7. The number of nitrogens with zero attached hydrogens (tertiary/aromatic N) is 2. The quantitative estimate of drug-likeness (QED) is 0.376. The van der Waals surface area contributed by atoms with Gasteiger partial charge in [-0.3, -0.25) is 0 Å². The van der Waals surface area contributed by atoms with Crippen molar-refractivity contribution in [3.05, 3.63) is 40.3 Å². The molecule has 0 fully saturated rings. The molecule has 0 saturated carbocycles. The zero-order valence-electron chi connectivity index (χ0n) is 14.0. The van der Waals surface area contributed by atoms with Crippen LogP contribution in [-0.4, -0.2) is 31.7 Å². The monoisotopic (exact) mass is 462 g/mol. The standard InChI is InChI=1S/C16H22N4O2S.HI/c1-11(15-18-6-7-23-15)9-19-16(17)20-10-12-4-5-13(21-2)14(8-12)22-3;/h4-8,11H,9-10H2,1-3H3,(H3,17,19,20);1H. The van der Waals surface area contributed by atoms with Crippen LogP contribution in [0.15, 0.2) is 34.8 Å². The highest BCUT2D eigenvalue weighted by Gasteiger charge is 2.08. The van der Waals surface area contributed by atoms with Gasteiger partial charge in [-0.1, -0.05) is 13.0 Å². The number of aliphatic imine (C=N–C) groups is 1. The molecular weight excluding hydrogens is 439 g/mol. The normalized spacial score (nSPS) is 12.2. The number of ether oxygens (including phenoxy) is 2. The van der Waals surface area contributed by atoms with Gasteiger partial charge in [-0.15, -0.1) is 35.3 Å². The Morgan fingerprint density at radius 1 is 1.33 bits per heavy atom. The molecule has 1 atom stereocenters. The van der Waals surface area contributed by atoms with E-state index in [2.05, 4.69) is 22.2 Å². The molecule has 2 aromatic rings. The molecule has 0 radical (unpaired) electrons. The van der Waals surface area contributed by atoms with Crippen LogP contribution in [0.4, 0.5) is 0 Å². The van der Waals surface area contributed by atoms with Gasteiger partial charge in [0.25, 0.3) is 0 Å². The van der Waals surface area contributed by atoms with Crippen LogP contribution in [0.3, 0.4) is 0 Å². The third-order valence-electron chi connectivity index (χ3n) is 3.34. The lowest BCUT2D eigenvalue weighted by Gasteiger charge is -2.11. The Kier molecular flexibility index (Phi) is 8.83. The van der Waals surface area contributed by atoms with E-state index < -0.39 is 0 Å². The second-order valence-corrected chi connectivity index (χ2v) is 5.97. The largest absolute Gasteiger partial charge is 0.493 e. The number of halogens is 1. The first kappa shape index (κ1) is 20.5. The summed E-state index contributed by atoms with van der Waals surface area (Å²) in [6, 6.07) is 5.70. The summed E-state index contributed by atoms with van der Waals surface area (Å²) in [6.07, 6.45) is 1.81. The van der Waals surface area contributed by atoms with E-state index in [9.17, 15) is 0 Å². The zero-order valence-corrected chi connectivity index (χ0v) is 17.1. The smallest absolute Gasteiger partial charge is 0.188 e. The number of guanidine groups is 1. The summed E-state index contributed by atoms with van der Waals surface area (Å²) >= 11 is 1.64. The average Bonchev–Trinajstić information content (AvgIpc) is 3.12. The molecule has 132 valence electrons. The van der Waals surface area contributed by atoms with E-state index in [1.54, 1.807) is 25.6 Å². The molecule has 1 heterocycles. The molecule has 0 saturated heterocycles. The van der Waals surface area contributed by atoms with Gasteiger partial charge in [0.15, 0.2) is 17.5 Å². The maximum Gasteiger partial charge on any atom is 0.188 e. The van der Waals surface area contributed by atoms with Crippen molar-refractivity contribution >= 4 is 41.3 Å². The molecule has 0 amide bonds. The molecule has 1 aromatic carbocycles. The highest BCUT2D eigenvalue weighted by molar-refractivity contribution is 14.0. The van der Waals surface area contributed by atoms with Gasteiger partial charge < -0.3 is 20.5 Å². The Bertz CT molecular complexity index is 650. The van der Waals surface area contributed by atoms with Gasteiger partial charge in [0, 0.05) is 24.0 Å². The minimum Gasteiger partial charge on any atom is -0.493 e. The molecular formula is C16H23IN4O2S. The molecule has 0 spiro atoms. The van der Waals surface area contributed by atoms with E-state index in [1.165, 1.54) is 0 Å².